The van der Waals surface area contributed by atoms with Crippen LogP contribution in [0.2, 0.25) is 0 Å². The van der Waals surface area contributed by atoms with Crippen LogP contribution in [0.3, 0.4) is 0 Å². The smallest absolute Gasteiger partial charge is 0.225 e. The Kier molecular flexibility index (Phi) is 3.46. The molecular weight excluding hydrogens is 309 g/mol. The summed E-state index contributed by atoms with van der Waals surface area (Å²) < 4.78 is 14.2. The molecule has 0 unspecified atom stereocenters. The fourth-order valence-electron chi connectivity index (χ4n) is 3.07. The molecule has 114 valence electrons. The maximum Gasteiger partial charge on any atom is 0.225 e. The zero-order valence-electron chi connectivity index (χ0n) is 12.3. The number of rotatable bonds is 2. The van der Waals surface area contributed by atoms with Crippen LogP contribution >= 0.6 is 11.3 Å². The zero-order valence-corrected chi connectivity index (χ0v) is 13.1. The molecule has 23 heavy (non-hydrogen) atoms. The van der Waals surface area contributed by atoms with Crippen molar-refractivity contribution in [2.75, 3.05) is 5.32 Å². The maximum atomic E-state index is 14.2. The average Bonchev–Trinajstić information content (AvgIpc) is 2.99. The van der Waals surface area contributed by atoms with E-state index in [-0.39, 0.29) is 24.1 Å². The van der Waals surface area contributed by atoms with Crippen LogP contribution in [0.5, 0.6) is 0 Å². The topological polar surface area (TPSA) is 29.1 Å². The molecule has 4 rings (SSSR count). The van der Waals surface area contributed by atoms with Crippen LogP contribution in [0.1, 0.15) is 22.8 Å². The van der Waals surface area contributed by atoms with Gasteiger partial charge in [-0.1, -0.05) is 48.5 Å². The summed E-state index contributed by atoms with van der Waals surface area (Å²) in [7, 11) is 0. The van der Waals surface area contributed by atoms with E-state index in [0.29, 0.717) is 5.56 Å². The van der Waals surface area contributed by atoms with E-state index in [2.05, 4.69) is 5.32 Å². The number of nitrogens with one attached hydrogen (secondary N) is 1. The summed E-state index contributed by atoms with van der Waals surface area (Å²) in [5, 5.41) is 5.02. The van der Waals surface area contributed by atoms with Crippen LogP contribution in [-0.2, 0) is 4.79 Å². The van der Waals surface area contributed by atoms with E-state index in [0.717, 1.165) is 21.7 Å². The number of anilines is 1. The summed E-state index contributed by atoms with van der Waals surface area (Å²) in [5.41, 5.74) is 3.47. The van der Waals surface area contributed by atoms with Crippen molar-refractivity contribution in [1.29, 1.82) is 0 Å². The van der Waals surface area contributed by atoms with Crippen molar-refractivity contribution in [3.05, 3.63) is 76.2 Å². The lowest BCUT2D eigenvalue weighted by Crippen LogP contribution is -2.23. The number of carbonyl (C=O) groups is 1. The number of amides is 1. The molecule has 1 aliphatic rings. The Hall–Kier alpha value is -2.46. The standard InChI is InChI=1S/C19H14FNOS/c20-16-9-5-4-8-13(16)14-10-17(22)21-18-15(11-23-19(14)18)12-6-2-1-3-7-12/h1-9,11,14H,10H2,(H,21,22)/t14-/m1/s1. The molecule has 4 heteroatoms. The van der Waals surface area contributed by atoms with Gasteiger partial charge < -0.3 is 5.32 Å². The normalized spacial score (nSPS) is 16.7. The van der Waals surface area contributed by atoms with Crippen molar-refractivity contribution in [3.8, 4) is 11.1 Å². The Morgan fingerprint density at radius 1 is 1.04 bits per heavy atom. The predicted octanol–water partition coefficient (Wildman–Crippen LogP) is 5.03. The summed E-state index contributed by atoms with van der Waals surface area (Å²) in [5.74, 6) is -0.545. The monoisotopic (exact) mass is 323 g/mol. The van der Waals surface area contributed by atoms with Crippen molar-refractivity contribution >= 4 is 22.9 Å². The first kappa shape index (κ1) is 14.2. The number of carbonyl (C=O) groups excluding carboxylic acids is 1. The third-order valence-electron chi connectivity index (χ3n) is 4.16. The zero-order chi connectivity index (χ0) is 15.8. The van der Waals surface area contributed by atoms with Gasteiger partial charge in [0.15, 0.2) is 0 Å². The average molecular weight is 323 g/mol. The molecule has 0 fully saturated rings. The number of fused-ring (bicyclic) bond motifs is 1. The highest BCUT2D eigenvalue weighted by atomic mass is 32.1. The van der Waals surface area contributed by atoms with Crippen molar-refractivity contribution in [2.45, 2.75) is 12.3 Å². The molecule has 0 saturated carbocycles. The third kappa shape index (κ3) is 2.45. The maximum absolute atomic E-state index is 14.2. The van der Waals surface area contributed by atoms with Crippen molar-refractivity contribution < 1.29 is 9.18 Å². The first-order valence-electron chi connectivity index (χ1n) is 7.45. The van der Waals surface area contributed by atoms with Gasteiger partial charge in [0.05, 0.1) is 5.69 Å². The predicted molar refractivity (Wildman–Crippen MR) is 91.2 cm³/mol. The van der Waals surface area contributed by atoms with E-state index in [4.69, 9.17) is 0 Å². The van der Waals surface area contributed by atoms with Crippen molar-refractivity contribution in [2.24, 2.45) is 0 Å². The Morgan fingerprint density at radius 3 is 2.57 bits per heavy atom. The number of benzene rings is 2. The number of hydrogen-bond donors (Lipinski definition) is 1. The van der Waals surface area contributed by atoms with Gasteiger partial charge in [-0.15, -0.1) is 11.3 Å². The largest absolute Gasteiger partial charge is 0.325 e. The molecule has 2 heterocycles. The second-order valence-electron chi connectivity index (χ2n) is 5.58. The van der Waals surface area contributed by atoms with E-state index < -0.39 is 0 Å². The lowest BCUT2D eigenvalue weighted by molar-refractivity contribution is -0.116. The minimum Gasteiger partial charge on any atom is -0.325 e. The SMILES string of the molecule is O=C1C[C@H](c2ccccc2F)c2scc(-c3ccccc3)c2N1. The molecule has 1 N–H and O–H groups in total. The van der Waals surface area contributed by atoms with Gasteiger partial charge >= 0.3 is 0 Å². The van der Waals surface area contributed by atoms with Gasteiger partial charge in [-0.3, -0.25) is 4.79 Å². The lowest BCUT2D eigenvalue weighted by atomic mass is 9.89. The fourth-order valence-corrected chi connectivity index (χ4v) is 4.22. The molecule has 2 aromatic carbocycles. The Morgan fingerprint density at radius 2 is 1.78 bits per heavy atom. The summed E-state index contributed by atoms with van der Waals surface area (Å²) in [6.45, 7) is 0. The van der Waals surface area contributed by atoms with Crippen LogP contribution in [0.4, 0.5) is 10.1 Å². The number of halogens is 1. The van der Waals surface area contributed by atoms with Gasteiger partial charge in [0.1, 0.15) is 5.82 Å². The lowest BCUT2D eigenvalue weighted by Gasteiger charge is -2.24. The Balaban J connectivity index is 1.85. The van der Waals surface area contributed by atoms with Crippen LogP contribution in [0.15, 0.2) is 60.0 Å². The Bertz CT molecular complexity index is 872. The first-order valence-corrected chi connectivity index (χ1v) is 8.33. The van der Waals surface area contributed by atoms with Gasteiger partial charge in [0.25, 0.3) is 0 Å². The molecule has 2 nitrogen and oxygen atoms in total. The van der Waals surface area contributed by atoms with Crippen LogP contribution in [-0.4, -0.2) is 5.91 Å². The van der Waals surface area contributed by atoms with E-state index in [9.17, 15) is 9.18 Å². The molecule has 1 amide bonds. The molecule has 0 bridgehead atoms. The van der Waals surface area contributed by atoms with Gasteiger partial charge in [0, 0.05) is 28.2 Å². The minimum absolute atomic E-state index is 0.0682. The molecule has 1 aliphatic heterocycles. The van der Waals surface area contributed by atoms with Crippen molar-refractivity contribution in [1.82, 2.24) is 0 Å². The fraction of sp³-hybridized carbons (Fsp3) is 0.105. The summed E-state index contributed by atoms with van der Waals surface area (Å²) in [6.07, 6.45) is 0.280. The highest BCUT2D eigenvalue weighted by Gasteiger charge is 2.31. The molecule has 0 aliphatic carbocycles. The van der Waals surface area contributed by atoms with Crippen molar-refractivity contribution in [3.63, 3.8) is 0 Å². The summed E-state index contributed by atoms with van der Waals surface area (Å²) in [4.78, 5) is 13.2. The van der Waals surface area contributed by atoms with E-state index >= 15 is 0 Å². The van der Waals surface area contributed by atoms with Crippen LogP contribution < -0.4 is 5.32 Å². The Labute approximate surface area is 137 Å². The molecule has 3 aromatic rings. The first-order chi connectivity index (χ1) is 11.2. The number of thiophene rings is 1. The molecule has 1 aromatic heterocycles. The molecule has 0 saturated heterocycles. The van der Waals surface area contributed by atoms with Gasteiger partial charge in [-0.25, -0.2) is 4.39 Å². The molecular formula is C19H14FNOS. The van der Waals surface area contributed by atoms with Gasteiger partial charge in [0.2, 0.25) is 5.91 Å². The molecule has 0 radical (unpaired) electrons. The minimum atomic E-state index is -0.257. The van der Waals surface area contributed by atoms with Gasteiger partial charge in [-0.2, -0.15) is 0 Å². The second-order valence-corrected chi connectivity index (χ2v) is 6.49. The highest BCUT2D eigenvalue weighted by molar-refractivity contribution is 7.11. The van der Waals surface area contributed by atoms with E-state index in [1.54, 1.807) is 23.5 Å². The number of hydrogen-bond acceptors (Lipinski definition) is 2. The molecule has 1 atom stereocenters. The summed E-state index contributed by atoms with van der Waals surface area (Å²) >= 11 is 1.58. The van der Waals surface area contributed by atoms with E-state index in [1.165, 1.54) is 6.07 Å². The third-order valence-corrected chi connectivity index (χ3v) is 5.25. The molecule has 0 spiro atoms. The highest BCUT2D eigenvalue weighted by Crippen LogP contribution is 2.46. The summed E-state index contributed by atoms with van der Waals surface area (Å²) in [6, 6.07) is 16.6. The van der Waals surface area contributed by atoms with Crippen LogP contribution in [0, 0.1) is 5.82 Å². The second kappa shape index (κ2) is 5.63. The quantitative estimate of drug-likeness (QED) is 0.704. The van der Waals surface area contributed by atoms with Crippen LogP contribution in [0.25, 0.3) is 11.1 Å². The van der Waals surface area contributed by atoms with Gasteiger partial charge in [-0.05, 0) is 17.2 Å². The van der Waals surface area contributed by atoms with E-state index in [1.807, 2.05) is 41.8 Å².